The maximum Gasteiger partial charge on any atom is 0.394 e. The van der Waals surface area contributed by atoms with E-state index in [9.17, 15) is 96.6 Å². The van der Waals surface area contributed by atoms with Crippen LogP contribution in [0.25, 0.3) is 0 Å². The van der Waals surface area contributed by atoms with E-state index in [4.69, 9.17) is 0 Å². The summed E-state index contributed by atoms with van der Waals surface area (Å²) in [5.74, 6) is -43.7. The second-order valence-corrected chi connectivity index (χ2v) is 7.08. The SMILES string of the molecule is FC(F)C(F)(F)C(F)(F)C(F)C(F)(CC(F)(F)F)OC(F)(CC(F)(F)F)C(F)C(F)(F)C(F)(F)C(F)F. The fourth-order valence-electron chi connectivity index (χ4n) is 2.35. The molecule has 0 bridgehead atoms. The third-order valence-corrected chi connectivity index (χ3v) is 4.05. The minimum atomic E-state index is -7.55. The van der Waals surface area contributed by atoms with Gasteiger partial charge in [-0.25, -0.2) is 35.1 Å². The van der Waals surface area contributed by atoms with Gasteiger partial charge in [0.25, 0.3) is 11.7 Å². The third-order valence-electron chi connectivity index (χ3n) is 4.05. The van der Waals surface area contributed by atoms with Crippen LogP contribution in [0.1, 0.15) is 12.8 Å². The Balaban J connectivity index is 7.13. The van der Waals surface area contributed by atoms with Crippen LogP contribution in [0.5, 0.6) is 0 Å². The van der Waals surface area contributed by atoms with Gasteiger partial charge in [-0.05, 0) is 0 Å². The first-order valence-electron chi connectivity index (χ1n) is 8.39. The normalized spacial score (nSPS) is 20.1. The lowest BCUT2D eigenvalue weighted by Crippen LogP contribution is -2.66. The van der Waals surface area contributed by atoms with Crippen LogP contribution in [0.15, 0.2) is 0 Å². The van der Waals surface area contributed by atoms with Crippen molar-refractivity contribution >= 4 is 0 Å². The Morgan fingerprint density at radius 3 is 0.757 bits per heavy atom. The number of hydrogen-bond acceptors (Lipinski definition) is 1. The molecule has 0 aromatic heterocycles. The fourth-order valence-corrected chi connectivity index (χ4v) is 2.35. The van der Waals surface area contributed by atoms with E-state index in [2.05, 4.69) is 4.74 Å². The quantitative estimate of drug-likeness (QED) is 0.204. The van der Waals surface area contributed by atoms with Gasteiger partial charge in [0.05, 0.1) is 0 Å². The molecule has 0 amide bonds. The minimum Gasteiger partial charge on any atom is -0.302 e. The number of hydrogen-bond donors (Lipinski definition) is 0. The van der Waals surface area contributed by atoms with Gasteiger partial charge in [0, 0.05) is 0 Å². The summed E-state index contributed by atoms with van der Waals surface area (Å²) < 4.78 is 288. The van der Waals surface area contributed by atoms with Crippen LogP contribution in [-0.2, 0) is 4.74 Å². The Kier molecular flexibility index (Phi) is 9.76. The zero-order valence-corrected chi connectivity index (χ0v) is 16.4. The van der Waals surface area contributed by atoms with E-state index in [1.807, 2.05) is 0 Å². The summed E-state index contributed by atoms with van der Waals surface area (Å²) in [6.45, 7) is 0. The molecule has 0 rings (SSSR count). The summed E-state index contributed by atoms with van der Waals surface area (Å²) >= 11 is 0. The van der Waals surface area contributed by atoms with E-state index in [1.54, 1.807) is 0 Å². The average molecular weight is 610 g/mol. The minimum absolute atomic E-state index is 2.18. The molecule has 4 unspecified atom stereocenters. The Morgan fingerprint density at radius 2 is 0.595 bits per heavy atom. The number of ether oxygens (including phenoxy) is 1. The lowest BCUT2D eigenvalue weighted by atomic mass is 9.94. The summed E-state index contributed by atoms with van der Waals surface area (Å²) in [5, 5.41) is 0. The van der Waals surface area contributed by atoms with Crippen molar-refractivity contribution in [2.75, 3.05) is 0 Å². The molecule has 0 aliphatic heterocycles. The van der Waals surface area contributed by atoms with Crippen LogP contribution < -0.4 is 0 Å². The molecule has 224 valence electrons. The molecule has 0 radical (unpaired) electrons. The van der Waals surface area contributed by atoms with Crippen molar-refractivity contribution < 1.29 is 101 Å². The maximum absolute atomic E-state index is 14.5. The van der Waals surface area contributed by atoms with Crippen molar-refractivity contribution in [3.8, 4) is 0 Å². The number of rotatable bonds is 12. The second kappa shape index (κ2) is 10.2. The van der Waals surface area contributed by atoms with Crippen LogP contribution in [-0.4, -0.2) is 72.9 Å². The predicted octanol–water partition coefficient (Wildman–Crippen LogP) is 7.99. The van der Waals surface area contributed by atoms with Crippen molar-refractivity contribution in [1.82, 2.24) is 0 Å². The molecule has 0 aromatic carbocycles. The molecule has 1 nitrogen and oxygen atoms in total. The molecular formula is C14H8F22O. The highest BCUT2D eigenvalue weighted by Gasteiger charge is 2.78. The monoisotopic (exact) mass is 610 g/mol. The Hall–Kier alpha value is -1.58. The molecule has 0 N–H and O–H groups in total. The molecule has 0 saturated carbocycles. The highest BCUT2D eigenvalue weighted by atomic mass is 19.4. The molecule has 4 atom stereocenters. The molecule has 0 spiro atoms. The molecule has 37 heavy (non-hydrogen) atoms. The number of alkyl halides is 22. The molecule has 0 aliphatic carbocycles. The highest BCUT2D eigenvalue weighted by molar-refractivity contribution is 5.04. The zero-order valence-electron chi connectivity index (χ0n) is 16.4. The van der Waals surface area contributed by atoms with Crippen molar-refractivity contribution in [1.29, 1.82) is 0 Å². The predicted molar refractivity (Wildman–Crippen MR) is 71.7 cm³/mol. The Labute approximate surface area is 188 Å². The molecule has 23 heteroatoms. The number of halogens is 22. The van der Waals surface area contributed by atoms with Crippen LogP contribution in [0.3, 0.4) is 0 Å². The summed E-state index contributed by atoms with van der Waals surface area (Å²) in [5.41, 5.74) is 0. The van der Waals surface area contributed by atoms with Gasteiger partial charge in [-0.2, -0.15) is 61.5 Å². The molecule has 0 aromatic rings. The van der Waals surface area contributed by atoms with Crippen LogP contribution >= 0.6 is 0 Å². The first-order valence-corrected chi connectivity index (χ1v) is 8.39. The van der Waals surface area contributed by atoms with Gasteiger partial charge >= 0.3 is 48.9 Å². The van der Waals surface area contributed by atoms with E-state index in [0.717, 1.165) is 0 Å². The summed E-state index contributed by atoms with van der Waals surface area (Å²) in [7, 11) is 0. The zero-order chi connectivity index (χ0) is 30.4. The van der Waals surface area contributed by atoms with Gasteiger partial charge in [0.15, 0.2) is 0 Å². The van der Waals surface area contributed by atoms with Crippen LogP contribution in [0.2, 0.25) is 0 Å². The highest BCUT2D eigenvalue weighted by Crippen LogP contribution is 2.54. The Bertz CT molecular complexity index is 693. The van der Waals surface area contributed by atoms with E-state index in [1.165, 1.54) is 0 Å². The summed E-state index contributed by atoms with van der Waals surface area (Å²) in [4.78, 5) is 0. The average Bonchev–Trinajstić information content (AvgIpc) is 2.62. The van der Waals surface area contributed by atoms with E-state index >= 15 is 0 Å². The van der Waals surface area contributed by atoms with E-state index < -0.39 is 85.8 Å². The van der Waals surface area contributed by atoms with Crippen LogP contribution in [0, 0.1) is 0 Å². The van der Waals surface area contributed by atoms with Gasteiger partial charge in [-0.1, -0.05) is 0 Å². The van der Waals surface area contributed by atoms with Gasteiger partial charge in [0.1, 0.15) is 12.8 Å². The van der Waals surface area contributed by atoms with Gasteiger partial charge in [-0.3, -0.25) is 0 Å². The fraction of sp³-hybridized carbons (Fsp3) is 1.00. The van der Waals surface area contributed by atoms with E-state index in [0.29, 0.717) is 0 Å². The van der Waals surface area contributed by atoms with Crippen molar-refractivity contribution in [3.63, 3.8) is 0 Å². The van der Waals surface area contributed by atoms with Crippen LogP contribution in [0.4, 0.5) is 96.6 Å². The molecule has 0 aliphatic rings. The summed E-state index contributed by atoms with van der Waals surface area (Å²) in [6.07, 6.45) is -46.8. The first kappa shape index (κ1) is 35.4. The van der Waals surface area contributed by atoms with Gasteiger partial charge < -0.3 is 4.74 Å². The molecule has 0 saturated heterocycles. The lowest BCUT2D eigenvalue weighted by Gasteiger charge is -2.42. The smallest absolute Gasteiger partial charge is 0.302 e. The van der Waals surface area contributed by atoms with Crippen molar-refractivity contribution in [2.24, 2.45) is 0 Å². The molecule has 0 heterocycles. The molecular weight excluding hydrogens is 602 g/mol. The Morgan fingerprint density at radius 1 is 0.378 bits per heavy atom. The topological polar surface area (TPSA) is 9.23 Å². The standard InChI is InChI=1S/C14H8F22O/c15-3(11(29,30)13(33,34)5(17)18)7(21,1-9(23,24)25)37-8(22,2-10(26,27)28)4(16)12(31,32)14(35,36)6(19)20/h3-6H,1-2H2. The van der Waals surface area contributed by atoms with Gasteiger partial charge in [-0.15, -0.1) is 0 Å². The van der Waals surface area contributed by atoms with Gasteiger partial charge in [0.2, 0.25) is 12.3 Å². The maximum atomic E-state index is 14.5. The largest absolute Gasteiger partial charge is 0.394 e. The van der Waals surface area contributed by atoms with Crippen molar-refractivity contribution in [2.45, 2.75) is 85.8 Å². The summed E-state index contributed by atoms with van der Waals surface area (Å²) in [6, 6.07) is 0. The first-order chi connectivity index (χ1) is 15.8. The molecule has 0 fully saturated rings. The third kappa shape index (κ3) is 7.30. The lowest BCUT2D eigenvalue weighted by molar-refractivity contribution is -0.408. The van der Waals surface area contributed by atoms with Crippen molar-refractivity contribution in [3.05, 3.63) is 0 Å². The van der Waals surface area contributed by atoms with E-state index in [-0.39, 0.29) is 0 Å². The second-order valence-electron chi connectivity index (χ2n) is 7.08.